The standard InChI is InChI=1S/C22H23NO6/c1-2-28-22(25)20(23(26)27)15-19(14-13-17-9-5-3-6-10-17)21(24)29-16-18-11-7-4-8-12-18/h3-12,15,19H,2,13-14,16H2,1H3. The van der Waals surface area contributed by atoms with Crippen molar-refractivity contribution in [1.29, 1.82) is 0 Å². The van der Waals surface area contributed by atoms with Crippen molar-refractivity contribution in [3.05, 3.63) is 93.7 Å². The zero-order chi connectivity index (χ0) is 21.1. The van der Waals surface area contributed by atoms with Crippen molar-refractivity contribution >= 4 is 11.9 Å². The van der Waals surface area contributed by atoms with Gasteiger partial charge >= 0.3 is 17.6 Å². The summed E-state index contributed by atoms with van der Waals surface area (Å²) in [5.41, 5.74) is 1.01. The number of aryl methyl sites for hydroxylation is 1. The van der Waals surface area contributed by atoms with Crippen LogP contribution in [0.3, 0.4) is 0 Å². The van der Waals surface area contributed by atoms with E-state index in [1.165, 1.54) is 0 Å². The second-order valence-corrected chi connectivity index (χ2v) is 6.25. The van der Waals surface area contributed by atoms with Crippen LogP contribution in [0.25, 0.3) is 0 Å². The largest absolute Gasteiger partial charge is 0.460 e. The fraction of sp³-hybridized carbons (Fsp3) is 0.273. The average Bonchev–Trinajstić information content (AvgIpc) is 2.73. The number of nitro groups is 1. The molecule has 0 aliphatic heterocycles. The van der Waals surface area contributed by atoms with Crippen molar-refractivity contribution in [2.24, 2.45) is 5.92 Å². The number of carbonyl (C=O) groups is 2. The van der Waals surface area contributed by atoms with Gasteiger partial charge in [0.25, 0.3) is 0 Å². The highest BCUT2D eigenvalue weighted by molar-refractivity contribution is 5.87. The quantitative estimate of drug-likeness (QED) is 0.262. The van der Waals surface area contributed by atoms with Gasteiger partial charge < -0.3 is 9.47 Å². The Morgan fingerprint density at radius 2 is 1.59 bits per heavy atom. The van der Waals surface area contributed by atoms with Gasteiger partial charge in [-0.15, -0.1) is 0 Å². The molecular weight excluding hydrogens is 374 g/mol. The Balaban J connectivity index is 2.18. The molecule has 2 rings (SSSR count). The molecule has 2 aromatic carbocycles. The maximum absolute atomic E-state index is 12.6. The number of rotatable bonds is 10. The number of nitrogens with zero attached hydrogens (tertiary/aromatic N) is 1. The second-order valence-electron chi connectivity index (χ2n) is 6.25. The topological polar surface area (TPSA) is 95.7 Å². The third-order valence-corrected chi connectivity index (χ3v) is 4.15. The van der Waals surface area contributed by atoms with Gasteiger partial charge in [0.15, 0.2) is 0 Å². The summed E-state index contributed by atoms with van der Waals surface area (Å²) in [5, 5.41) is 11.3. The van der Waals surface area contributed by atoms with Gasteiger partial charge in [-0.25, -0.2) is 4.79 Å². The lowest BCUT2D eigenvalue weighted by Crippen LogP contribution is -2.21. The van der Waals surface area contributed by atoms with Crippen LogP contribution in [0, 0.1) is 16.0 Å². The molecule has 0 saturated heterocycles. The Bertz CT molecular complexity index is 848. The number of hydrogen-bond acceptors (Lipinski definition) is 6. The molecule has 0 spiro atoms. The third kappa shape index (κ3) is 7.21. The highest BCUT2D eigenvalue weighted by Gasteiger charge is 2.29. The van der Waals surface area contributed by atoms with E-state index in [1.54, 1.807) is 6.92 Å². The van der Waals surface area contributed by atoms with E-state index in [1.807, 2.05) is 60.7 Å². The van der Waals surface area contributed by atoms with Crippen LogP contribution in [-0.4, -0.2) is 23.5 Å². The van der Waals surface area contributed by atoms with Gasteiger partial charge in [-0.05, 0) is 30.9 Å². The number of esters is 2. The van der Waals surface area contributed by atoms with Gasteiger partial charge in [0.1, 0.15) is 6.61 Å². The number of hydrogen-bond donors (Lipinski definition) is 0. The van der Waals surface area contributed by atoms with Crippen molar-refractivity contribution in [3.63, 3.8) is 0 Å². The van der Waals surface area contributed by atoms with Crippen LogP contribution in [0.1, 0.15) is 24.5 Å². The van der Waals surface area contributed by atoms with Crippen molar-refractivity contribution in [1.82, 2.24) is 0 Å². The first-order valence-electron chi connectivity index (χ1n) is 9.29. The normalized spacial score (nSPS) is 12.1. The molecule has 0 saturated carbocycles. The first-order chi connectivity index (χ1) is 14.0. The summed E-state index contributed by atoms with van der Waals surface area (Å²) in [5.74, 6) is -2.66. The lowest BCUT2D eigenvalue weighted by Gasteiger charge is -2.13. The molecule has 0 amide bonds. The van der Waals surface area contributed by atoms with Crippen molar-refractivity contribution < 1.29 is 24.0 Å². The Morgan fingerprint density at radius 3 is 2.14 bits per heavy atom. The maximum Gasteiger partial charge on any atom is 0.409 e. The van der Waals surface area contributed by atoms with E-state index in [0.717, 1.165) is 17.2 Å². The summed E-state index contributed by atoms with van der Waals surface area (Å²) in [6.45, 7) is 1.59. The summed E-state index contributed by atoms with van der Waals surface area (Å²) >= 11 is 0. The van der Waals surface area contributed by atoms with Crippen LogP contribution in [0.5, 0.6) is 0 Å². The number of benzene rings is 2. The molecule has 1 atom stereocenters. The number of carbonyl (C=O) groups excluding carboxylic acids is 2. The van der Waals surface area contributed by atoms with Crippen LogP contribution < -0.4 is 0 Å². The van der Waals surface area contributed by atoms with E-state index >= 15 is 0 Å². The summed E-state index contributed by atoms with van der Waals surface area (Å²) in [6, 6.07) is 18.5. The summed E-state index contributed by atoms with van der Waals surface area (Å²) in [4.78, 5) is 35.0. The van der Waals surface area contributed by atoms with E-state index in [0.29, 0.717) is 6.42 Å². The Morgan fingerprint density at radius 1 is 1.00 bits per heavy atom. The first-order valence-corrected chi connectivity index (χ1v) is 9.29. The lowest BCUT2D eigenvalue weighted by atomic mass is 9.98. The van der Waals surface area contributed by atoms with Crippen LogP contribution >= 0.6 is 0 Å². The highest BCUT2D eigenvalue weighted by Crippen LogP contribution is 2.17. The Hall–Kier alpha value is -3.48. The zero-order valence-corrected chi connectivity index (χ0v) is 16.2. The van der Waals surface area contributed by atoms with Gasteiger partial charge in [0.2, 0.25) is 0 Å². The Kier molecular flexibility index (Phi) is 8.56. The van der Waals surface area contributed by atoms with Gasteiger partial charge in [0, 0.05) is 6.08 Å². The van der Waals surface area contributed by atoms with Crippen LogP contribution in [0.4, 0.5) is 0 Å². The lowest BCUT2D eigenvalue weighted by molar-refractivity contribution is -0.421. The van der Waals surface area contributed by atoms with Gasteiger partial charge in [-0.3, -0.25) is 14.9 Å². The molecule has 7 heteroatoms. The smallest absolute Gasteiger partial charge is 0.409 e. The fourth-order valence-corrected chi connectivity index (χ4v) is 2.67. The molecule has 1 unspecified atom stereocenters. The van der Waals surface area contributed by atoms with E-state index < -0.39 is 28.5 Å². The minimum atomic E-state index is -1.07. The van der Waals surface area contributed by atoms with E-state index in [-0.39, 0.29) is 19.6 Å². The summed E-state index contributed by atoms with van der Waals surface area (Å²) in [6.07, 6.45) is 1.79. The maximum atomic E-state index is 12.6. The molecule has 0 radical (unpaired) electrons. The van der Waals surface area contributed by atoms with Crippen molar-refractivity contribution in [2.75, 3.05) is 6.61 Å². The highest BCUT2D eigenvalue weighted by atomic mass is 16.6. The van der Waals surface area contributed by atoms with Gasteiger partial charge in [-0.1, -0.05) is 60.7 Å². The molecule has 0 heterocycles. The molecule has 2 aromatic rings. The predicted molar refractivity (Wildman–Crippen MR) is 106 cm³/mol. The second kappa shape index (κ2) is 11.4. The molecule has 0 aromatic heterocycles. The third-order valence-electron chi connectivity index (χ3n) is 4.15. The van der Waals surface area contributed by atoms with Crippen LogP contribution in [0.2, 0.25) is 0 Å². The van der Waals surface area contributed by atoms with Crippen molar-refractivity contribution in [3.8, 4) is 0 Å². The van der Waals surface area contributed by atoms with Gasteiger partial charge in [-0.2, -0.15) is 0 Å². The Labute approximate surface area is 169 Å². The molecular formula is C22H23NO6. The molecule has 0 N–H and O–H groups in total. The van der Waals surface area contributed by atoms with Crippen LogP contribution in [-0.2, 0) is 32.1 Å². The first kappa shape index (κ1) is 21.8. The molecule has 0 fully saturated rings. The molecule has 29 heavy (non-hydrogen) atoms. The minimum Gasteiger partial charge on any atom is -0.460 e. The van der Waals surface area contributed by atoms with Gasteiger partial charge in [0.05, 0.1) is 17.4 Å². The van der Waals surface area contributed by atoms with Crippen LogP contribution in [0.15, 0.2) is 72.4 Å². The van der Waals surface area contributed by atoms with Crippen molar-refractivity contribution in [2.45, 2.75) is 26.4 Å². The zero-order valence-electron chi connectivity index (χ0n) is 16.2. The van der Waals surface area contributed by atoms with E-state index in [2.05, 4.69) is 0 Å². The van der Waals surface area contributed by atoms with E-state index in [9.17, 15) is 19.7 Å². The fourth-order valence-electron chi connectivity index (χ4n) is 2.67. The molecule has 0 aliphatic rings. The SMILES string of the molecule is CCOC(=O)C(=CC(CCc1ccccc1)C(=O)OCc1ccccc1)[N+](=O)[O-]. The predicted octanol–water partition coefficient (Wildman–Crippen LogP) is 3.70. The van der Waals surface area contributed by atoms with E-state index in [4.69, 9.17) is 9.47 Å². The summed E-state index contributed by atoms with van der Waals surface area (Å²) < 4.78 is 10.1. The summed E-state index contributed by atoms with van der Waals surface area (Å²) in [7, 11) is 0. The average molecular weight is 397 g/mol. The molecule has 0 bridgehead atoms. The monoisotopic (exact) mass is 397 g/mol. The minimum absolute atomic E-state index is 0.00283. The number of ether oxygens (including phenoxy) is 2. The molecule has 0 aliphatic carbocycles. The molecule has 152 valence electrons. The molecule has 7 nitrogen and oxygen atoms in total.